The molecule has 0 aromatic rings. The summed E-state index contributed by atoms with van der Waals surface area (Å²) in [4.78, 5) is 0. The second-order valence-electron chi connectivity index (χ2n) is 6.08. The minimum absolute atomic E-state index is 0.000512. The van der Waals surface area contributed by atoms with E-state index in [2.05, 4.69) is 4.43 Å². The SMILES string of the molecule is CCO[Si](CC)(OCC)OC(C)C(F)(F)C(F)(F)C(F)(F)C(F)(F)C(F)(F)C(F)(F)F. The molecule has 0 saturated heterocycles. The Hall–Kier alpha value is -0.813. The maximum absolute atomic E-state index is 14.1. The maximum atomic E-state index is 14.1. The van der Waals surface area contributed by atoms with Crippen molar-refractivity contribution in [1.29, 1.82) is 0 Å². The van der Waals surface area contributed by atoms with E-state index in [0.29, 0.717) is 0 Å². The third kappa shape index (κ3) is 4.92. The van der Waals surface area contributed by atoms with Crippen molar-refractivity contribution in [2.75, 3.05) is 13.2 Å². The summed E-state index contributed by atoms with van der Waals surface area (Å²) in [7, 11) is -4.27. The molecule has 0 rings (SSSR count). The maximum Gasteiger partial charge on any atom is 0.501 e. The van der Waals surface area contributed by atoms with Gasteiger partial charge in [-0.15, -0.1) is 0 Å². The van der Waals surface area contributed by atoms with Crippen molar-refractivity contribution >= 4 is 8.80 Å². The van der Waals surface area contributed by atoms with Gasteiger partial charge in [0.05, 0.1) is 0 Å². The Bertz CT molecular complexity index is 588. The number of rotatable bonds is 12. The summed E-state index contributed by atoms with van der Waals surface area (Å²) >= 11 is 0. The quantitative estimate of drug-likeness (QED) is 0.233. The van der Waals surface area contributed by atoms with Gasteiger partial charge in [-0.05, 0) is 20.8 Å². The first kappa shape index (κ1) is 30.2. The standard InChI is InChI=1S/C14H19F13O3Si/c1-5-28-31(7-3,29-6-2)30-8(4)9(15,16)10(17,18)11(19,20)12(21,22)13(23,24)14(25,26)27/h8H,5-7H2,1-4H3. The van der Waals surface area contributed by atoms with E-state index >= 15 is 0 Å². The lowest BCUT2D eigenvalue weighted by molar-refractivity contribution is -0.443. The molecule has 0 fully saturated rings. The Morgan fingerprint density at radius 2 is 0.968 bits per heavy atom. The van der Waals surface area contributed by atoms with E-state index in [1.54, 1.807) is 0 Å². The van der Waals surface area contributed by atoms with Crippen LogP contribution in [0, 0.1) is 0 Å². The average molecular weight is 510 g/mol. The van der Waals surface area contributed by atoms with E-state index < -0.39 is 50.7 Å². The molecule has 0 aromatic heterocycles. The lowest BCUT2D eigenvalue weighted by Crippen LogP contribution is -2.72. The molecular formula is C14H19F13O3Si. The second-order valence-corrected chi connectivity index (χ2v) is 8.97. The third-order valence-corrected chi connectivity index (χ3v) is 7.02. The molecule has 1 atom stereocenters. The first-order chi connectivity index (χ1) is 13.6. The Morgan fingerprint density at radius 3 is 1.26 bits per heavy atom. The fourth-order valence-corrected chi connectivity index (χ4v) is 4.58. The highest BCUT2D eigenvalue weighted by Crippen LogP contribution is 2.60. The Morgan fingerprint density at radius 1 is 0.613 bits per heavy atom. The number of halogens is 13. The van der Waals surface area contributed by atoms with Crippen LogP contribution in [0.5, 0.6) is 0 Å². The number of hydrogen-bond acceptors (Lipinski definition) is 3. The minimum Gasteiger partial charge on any atom is -0.374 e. The van der Waals surface area contributed by atoms with E-state index in [1.165, 1.54) is 20.8 Å². The summed E-state index contributed by atoms with van der Waals surface area (Å²) in [5.41, 5.74) is 0. The summed E-state index contributed by atoms with van der Waals surface area (Å²) in [6.45, 7) is 3.16. The number of hydrogen-bond donors (Lipinski definition) is 0. The Kier molecular flexibility index (Phi) is 8.97. The third-order valence-electron chi connectivity index (χ3n) is 3.99. The zero-order chi connectivity index (χ0) is 25.3. The van der Waals surface area contributed by atoms with E-state index in [-0.39, 0.29) is 26.2 Å². The summed E-state index contributed by atoms with van der Waals surface area (Å²) in [6.07, 6.45) is -10.9. The van der Waals surface area contributed by atoms with Gasteiger partial charge < -0.3 is 13.3 Å². The molecule has 1 unspecified atom stereocenters. The molecule has 0 N–H and O–H groups in total. The van der Waals surface area contributed by atoms with Crippen molar-refractivity contribution in [3.63, 3.8) is 0 Å². The van der Waals surface area contributed by atoms with Crippen LogP contribution in [-0.2, 0) is 13.3 Å². The van der Waals surface area contributed by atoms with Crippen molar-refractivity contribution in [2.45, 2.75) is 75.6 Å². The molecule has 17 heteroatoms. The van der Waals surface area contributed by atoms with E-state index in [9.17, 15) is 57.1 Å². The molecule has 0 spiro atoms. The summed E-state index contributed by atoms with van der Waals surface area (Å²) < 4.78 is 186. The molecule has 0 amide bonds. The van der Waals surface area contributed by atoms with Gasteiger partial charge in [0.15, 0.2) is 0 Å². The highest BCUT2D eigenvalue weighted by Gasteiger charge is 2.91. The monoisotopic (exact) mass is 510 g/mol. The van der Waals surface area contributed by atoms with Gasteiger partial charge in [-0.3, -0.25) is 0 Å². The van der Waals surface area contributed by atoms with Crippen LogP contribution < -0.4 is 0 Å². The highest BCUT2D eigenvalue weighted by molar-refractivity contribution is 6.60. The molecule has 0 radical (unpaired) electrons. The summed E-state index contributed by atoms with van der Waals surface area (Å²) in [5, 5.41) is 0. The van der Waals surface area contributed by atoms with E-state index in [1.807, 2.05) is 0 Å². The van der Waals surface area contributed by atoms with Crippen molar-refractivity contribution in [1.82, 2.24) is 0 Å². The topological polar surface area (TPSA) is 27.7 Å². The van der Waals surface area contributed by atoms with Crippen LogP contribution in [0.3, 0.4) is 0 Å². The molecule has 0 heterocycles. The first-order valence-electron chi connectivity index (χ1n) is 8.47. The Labute approximate surface area is 169 Å². The van der Waals surface area contributed by atoms with Gasteiger partial charge >= 0.3 is 44.6 Å². The van der Waals surface area contributed by atoms with Gasteiger partial charge in [0.2, 0.25) is 0 Å². The lowest BCUT2D eigenvalue weighted by Gasteiger charge is -2.42. The molecule has 0 aliphatic carbocycles. The first-order valence-corrected chi connectivity index (χ1v) is 10.4. The van der Waals surface area contributed by atoms with Crippen molar-refractivity contribution in [3.05, 3.63) is 0 Å². The second kappa shape index (κ2) is 9.21. The molecule has 31 heavy (non-hydrogen) atoms. The summed E-state index contributed by atoms with van der Waals surface area (Å²) in [6, 6.07) is -0.390. The normalized spacial score (nSPS) is 16.5. The molecule has 0 aromatic carbocycles. The average Bonchev–Trinajstić information content (AvgIpc) is 2.60. The minimum atomic E-state index is -7.95. The van der Waals surface area contributed by atoms with Crippen LogP contribution in [0.15, 0.2) is 0 Å². The van der Waals surface area contributed by atoms with Gasteiger partial charge in [0, 0.05) is 19.3 Å². The molecule has 0 bridgehead atoms. The van der Waals surface area contributed by atoms with Gasteiger partial charge in [-0.25, -0.2) is 0 Å². The molecule has 3 nitrogen and oxygen atoms in total. The predicted octanol–water partition coefficient (Wildman–Crippen LogP) is 6.16. The van der Waals surface area contributed by atoms with Crippen LogP contribution in [0.1, 0.15) is 27.7 Å². The smallest absolute Gasteiger partial charge is 0.374 e. The van der Waals surface area contributed by atoms with Crippen molar-refractivity contribution in [3.8, 4) is 0 Å². The lowest BCUT2D eigenvalue weighted by atomic mass is 9.92. The van der Waals surface area contributed by atoms with Crippen LogP contribution in [0.2, 0.25) is 6.04 Å². The van der Waals surface area contributed by atoms with Crippen LogP contribution >= 0.6 is 0 Å². The van der Waals surface area contributed by atoms with Crippen LogP contribution in [-0.4, -0.2) is 63.9 Å². The fourth-order valence-electron chi connectivity index (χ4n) is 2.22. The zero-order valence-corrected chi connectivity index (χ0v) is 17.3. The van der Waals surface area contributed by atoms with Crippen molar-refractivity contribution < 1.29 is 70.4 Å². The van der Waals surface area contributed by atoms with Gasteiger partial charge in [-0.1, -0.05) is 6.92 Å². The predicted molar refractivity (Wildman–Crippen MR) is 80.8 cm³/mol. The molecule has 0 aliphatic heterocycles. The highest BCUT2D eigenvalue weighted by atomic mass is 28.4. The van der Waals surface area contributed by atoms with E-state index in [4.69, 9.17) is 8.85 Å². The Balaban J connectivity index is 6.32. The largest absolute Gasteiger partial charge is 0.501 e. The zero-order valence-electron chi connectivity index (χ0n) is 16.3. The van der Waals surface area contributed by atoms with Crippen LogP contribution in [0.4, 0.5) is 57.1 Å². The summed E-state index contributed by atoms with van der Waals surface area (Å²) in [5.74, 6) is -37.4. The van der Waals surface area contributed by atoms with E-state index in [0.717, 1.165) is 0 Å². The molecule has 0 saturated carbocycles. The van der Waals surface area contributed by atoms with Gasteiger partial charge in [0.1, 0.15) is 6.10 Å². The van der Waals surface area contributed by atoms with Crippen molar-refractivity contribution in [2.24, 2.45) is 0 Å². The van der Waals surface area contributed by atoms with Crippen LogP contribution in [0.25, 0.3) is 0 Å². The van der Waals surface area contributed by atoms with Gasteiger partial charge in [0.25, 0.3) is 0 Å². The number of alkyl halides is 13. The van der Waals surface area contributed by atoms with Gasteiger partial charge in [-0.2, -0.15) is 57.1 Å². The molecule has 188 valence electrons. The molecule has 0 aliphatic rings. The fraction of sp³-hybridized carbons (Fsp3) is 1.00. The molecular weight excluding hydrogens is 491 g/mol.